The van der Waals surface area contributed by atoms with Gasteiger partial charge in [0.25, 0.3) is 0 Å². The Morgan fingerprint density at radius 2 is 1.76 bits per heavy atom. The summed E-state index contributed by atoms with van der Waals surface area (Å²) in [4.78, 5) is 0. The molecule has 25 heavy (non-hydrogen) atoms. The highest BCUT2D eigenvalue weighted by molar-refractivity contribution is 5.57. The van der Waals surface area contributed by atoms with Gasteiger partial charge in [-0.25, -0.2) is 0 Å². The van der Waals surface area contributed by atoms with Gasteiger partial charge in [0.1, 0.15) is 5.75 Å². The van der Waals surface area contributed by atoms with E-state index in [2.05, 4.69) is 70.3 Å². The normalized spacial score (nSPS) is 17.0. The number of benzene rings is 2. The van der Waals surface area contributed by atoms with E-state index in [0.717, 1.165) is 18.7 Å². The minimum Gasteiger partial charge on any atom is -0.497 e. The molecule has 0 fully saturated rings. The standard InChI is InChI=1S/C23H31NO/c1-15-11-18(25-6)12-16(2)19(15)13-17-7-8-22-20(14-17)21(9-10-24-22)23(3,4)5/h7-8,11-12,14,21,24H,9-10,13H2,1-6H3. The number of hydrogen-bond donors (Lipinski definition) is 1. The van der Waals surface area contributed by atoms with E-state index in [1.54, 1.807) is 7.11 Å². The molecule has 1 unspecified atom stereocenters. The van der Waals surface area contributed by atoms with Gasteiger partial charge in [0.15, 0.2) is 0 Å². The second-order valence-electron chi connectivity index (χ2n) is 8.47. The van der Waals surface area contributed by atoms with Gasteiger partial charge < -0.3 is 10.1 Å². The molecule has 2 aromatic rings. The first-order valence-electron chi connectivity index (χ1n) is 9.30. The third-order valence-electron chi connectivity index (χ3n) is 5.57. The first kappa shape index (κ1) is 17.8. The summed E-state index contributed by atoms with van der Waals surface area (Å²) in [7, 11) is 1.73. The van der Waals surface area contributed by atoms with Crippen molar-refractivity contribution in [3.05, 3.63) is 58.1 Å². The summed E-state index contributed by atoms with van der Waals surface area (Å²) in [6, 6.07) is 11.3. The number of aryl methyl sites for hydroxylation is 2. The summed E-state index contributed by atoms with van der Waals surface area (Å²) in [6.45, 7) is 12.5. The summed E-state index contributed by atoms with van der Waals surface area (Å²) in [5.74, 6) is 1.56. The van der Waals surface area contributed by atoms with E-state index in [0.29, 0.717) is 11.3 Å². The third-order valence-corrected chi connectivity index (χ3v) is 5.57. The molecule has 1 heterocycles. The molecule has 2 nitrogen and oxygen atoms in total. The molecule has 0 aromatic heterocycles. The molecule has 0 saturated heterocycles. The van der Waals surface area contributed by atoms with Crippen LogP contribution in [-0.4, -0.2) is 13.7 Å². The van der Waals surface area contributed by atoms with Crippen LogP contribution in [0.3, 0.4) is 0 Å². The lowest BCUT2D eigenvalue weighted by atomic mass is 9.72. The van der Waals surface area contributed by atoms with Crippen LogP contribution in [0.25, 0.3) is 0 Å². The summed E-state index contributed by atoms with van der Waals surface area (Å²) in [5, 5.41) is 3.58. The van der Waals surface area contributed by atoms with E-state index in [9.17, 15) is 0 Å². The lowest BCUT2D eigenvalue weighted by Crippen LogP contribution is -2.26. The van der Waals surface area contributed by atoms with E-state index < -0.39 is 0 Å². The van der Waals surface area contributed by atoms with Gasteiger partial charge in [0.05, 0.1) is 7.11 Å². The summed E-state index contributed by atoms with van der Waals surface area (Å²) in [6.07, 6.45) is 2.19. The molecule has 0 aliphatic carbocycles. The maximum absolute atomic E-state index is 5.40. The quantitative estimate of drug-likeness (QED) is 0.758. The molecule has 0 bridgehead atoms. The van der Waals surface area contributed by atoms with Crippen LogP contribution in [0, 0.1) is 19.3 Å². The highest BCUT2D eigenvalue weighted by Gasteiger charge is 2.30. The minimum atomic E-state index is 0.293. The van der Waals surface area contributed by atoms with Crippen molar-refractivity contribution in [1.29, 1.82) is 0 Å². The van der Waals surface area contributed by atoms with Crippen molar-refractivity contribution in [1.82, 2.24) is 0 Å². The average Bonchev–Trinajstić information content (AvgIpc) is 2.56. The molecule has 2 aromatic carbocycles. The molecular formula is C23H31NO. The molecule has 1 atom stereocenters. The summed E-state index contributed by atoms with van der Waals surface area (Å²) < 4.78 is 5.40. The molecule has 1 aliphatic heterocycles. The summed E-state index contributed by atoms with van der Waals surface area (Å²) >= 11 is 0. The number of hydrogen-bond acceptors (Lipinski definition) is 2. The van der Waals surface area contributed by atoms with Crippen molar-refractivity contribution in [2.75, 3.05) is 19.0 Å². The molecule has 0 radical (unpaired) electrons. The van der Waals surface area contributed by atoms with Gasteiger partial charge in [-0.05, 0) is 84.0 Å². The highest BCUT2D eigenvalue weighted by Crippen LogP contribution is 2.43. The van der Waals surface area contributed by atoms with Crippen LogP contribution in [0.1, 0.15) is 60.9 Å². The maximum Gasteiger partial charge on any atom is 0.119 e. The third kappa shape index (κ3) is 3.68. The Balaban J connectivity index is 1.95. The fourth-order valence-electron chi connectivity index (χ4n) is 4.13. The maximum atomic E-state index is 5.40. The van der Waals surface area contributed by atoms with Crippen LogP contribution in [0.4, 0.5) is 5.69 Å². The van der Waals surface area contributed by atoms with Crippen molar-refractivity contribution < 1.29 is 4.74 Å². The lowest BCUT2D eigenvalue weighted by Gasteiger charge is -2.36. The van der Waals surface area contributed by atoms with E-state index in [-0.39, 0.29) is 0 Å². The number of anilines is 1. The molecule has 1 N–H and O–H groups in total. The van der Waals surface area contributed by atoms with Crippen LogP contribution in [0.2, 0.25) is 0 Å². The molecule has 0 spiro atoms. The Hall–Kier alpha value is -1.96. The van der Waals surface area contributed by atoms with Crippen molar-refractivity contribution in [2.24, 2.45) is 5.41 Å². The van der Waals surface area contributed by atoms with E-state index in [4.69, 9.17) is 4.74 Å². The van der Waals surface area contributed by atoms with Crippen molar-refractivity contribution in [3.8, 4) is 5.75 Å². The first-order chi connectivity index (χ1) is 11.8. The van der Waals surface area contributed by atoms with E-state index >= 15 is 0 Å². The van der Waals surface area contributed by atoms with Crippen LogP contribution in [0.5, 0.6) is 5.75 Å². The number of methoxy groups -OCH3 is 1. The smallest absolute Gasteiger partial charge is 0.119 e. The van der Waals surface area contributed by atoms with Gasteiger partial charge >= 0.3 is 0 Å². The van der Waals surface area contributed by atoms with Crippen molar-refractivity contribution in [3.63, 3.8) is 0 Å². The fraction of sp³-hybridized carbons (Fsp3) is 0.478. The second-order valence-corrected chi connectivity index (χ2v) is 8.47. The van der Waals surface area contributed by atoms with Crippen molar-refractivity contribution in [2.45, 2.75) is 53.4 Å². The van der Waals surface area contributed by atoms with Crippen LogP contribution in [0.15, 0.2) is 30.3 Å². The molecular weight excluding hydrogens is 306 g/mol. The van der Waals surface area contributed by atoms with Gasteiger partial charge in [0.2, 0.25) is 0 Å². The number of ether oxygens (including phenoxy) is 1. The highest BCUT2D eigenvalue weighted by atomic mass is 16.5. The molecule has 0 saturated carbocycles. The summed E-state index contributed by atoms with van der Waals surface area (Å²) in [5.41, 5.74) is 8.52. The van der Waals surface area contributed by atoms with Gasteiger partial charge in [-0.15, -0.1) is 0 Å². The number of nitrogens with one attached hydrogen (secondary N) is 1. The minimum absolute atomic E-state index is 0.293. The Kier molecular flexibility index (Phi) is 4.81. The zero-order chi connectivity index (χ0) is 18.2. The number of fused-ring (bicyclic) bond motifs is 1. The van der Waals surface area contributed by atoms with E-state index in [1.165, 1.54) is 39.9 Å². The van der Waals surface area contributed by atoms with Gasteiger partial charge in [-0.3, -0.25) is 0 Å². The Morgan fingerprint density at radius 1 is 1.08 bits per heavy atom. The average molecular weight is 338 g/mol. The Morgan fingerprint density at radius 3 is 2.36 bits per heavy atom. The SMILES string of the molecule is COc1cc(C)c(Cc2ccc3c(c2)C(C(C)(C)C)CCN3)c(C)c1. The van der Waals surface area contributed by atoms with Gasteiger partial charge in [-0.2, -0.15) is 0 Å². The first-order valence-corrected chi connectivity index (χ1v) is 9.30. The Labute approximate surface area is 152 Å². The van der Waals surface area contributed by atoms with Crippen LogP contribution < -0.4 is 10.1 Å². The largest absolute Gasteiger partial charge is 0.497 e. The fourth-order valence-corrected chi connectivity index (χ4v) is 4.13. The monoisotopic (exact) mass is 337 g/mol. The Bertz CT molecular complexity index is 747. The predicted octanol–water partition coefficient (Wildman–Crippen LogP) is 5.85. The molecule has 3 rings (SSSR count). The molecule has 1 aliphatic rings. The zero-order valence-electron chi connectivity index (χ0n) is 16.5. The topological polar surface area (TPSA) is 21.3 Å². The zero-order valence-corrected chi connectivity index (χ0v) is 16.5. The number of rotatable bonds is 3. The van der Waals surface area contributed by atoms with Gasteiger partial charge in [0, 0.05) is 12.2 Å². The van der Waals surface area contributed by atoms with Crippen LogP contribution in [-0.2, 0) is 6.42 Å². The molecule has 0 amide bonds. The lowest BCUT2D eigenvalue weighted by molar-refractivity contribution is 0.305. The second kappa shape index (κ2) is 6.74. The molecule has 134 valence electrons. The predicted molar refractivity (Wildman–Crippen MR) is 107 cm³/mol. The van der Waals surface area contributed by atoms with Gasteiger partial charge in [-0.1, -0.05) is 32.9 Å². The van der Waals surface area contributed by atoms with Crippen molar-refractivity contribution >= 4 is 5.69 Å². The molecule has 2 heteroatoms. The van der Waals surface area contributed by atoms with E-state index in [1.807, 2.05) is 0 Å². The van der Waals surface area contributed by atoms with Crippen LogP contribution >= 0.6 is 0 Å².